The molecule has 1 fully saturated rings. The first kappa shape index (κ1) is 13.2. The molecule has 2 heterocycles. The third-order valence-corrected chi connectivity index (χ3v) is 3.32. The number of guanidine groups is 1. The fraction of sp³-hybridized carbons (Fsp3) is 0.556. The van der Waals surface area contributed by atoms with Gasteiger partial charge in [0.15, 0.2) is 5.96 Å². The first-order valence-electron chi connectivity index (χ1n) is 5.20. The molecule has 0 spiro atoms. The van der Waals surface area contributed by atoms with E-state index in [0.717, 1.165) is 0 Å². The van der Waals surface area contributed by atoms with Crippen LogP contribution < -0.4 is 11.5 Å². The number of ether oxygens (including phenoxy) is 1. The molecule has 0 unspecified atom stereocenters. The Balaban J connectivity index is 2.17. The van der Waals surface area contributed by atoms with Gasteiger partial charge in [0.05, 0.1) is 12.3 Å². The van der Waals surface area contributed by atoms with Crippen molar-refractivity contribution in [3.63, 3.8) is 0 Å². The van der Waals surface area contributed by atoms with Crippen molar-refractivity contribution >= 4 is 22.4 Å². The lowest BCUT2D eigenvalue weighted by Crippen LogP contribution is -2.32. The van der Waals surface area contributed by atoms with Crippen molar-refractivity contribution in [3.8, 4) is 0 Å². The summed E-state index contributed by atoms with van der Waals surface area (Å²) in [6, 6.07) is 0. The Hall–Kier alpha value is -1.26. The number of nitrogens with two attached hydrogens (primary N) is 2. The Kier molecular flexibility index (Phi) is 3.78. The van der Waals surface area contributed by atoms with E-state index in [1.54, 1.807) is 5.38 Å². The van der Waals surface area contributed by atoms with Gasteiger partial charge in [0.25, 0.3) is 0 Å². The summed E-state index contributed by atoms with van der Waals surface area (Å²) in [5.41, 5.74) is 10.9. The number of thiazole rings is 1. The van der Waals surface area contributed by atoms with Gasteiger partial charge in [-0.15, -0.1) is 11.3 Å². The molecule has 0 aromatic carbocycles. The van der Waals surface area contributed by atoms with E-state index in [1.807, 2.05) is 0 Å². The average molecular weight is 274 g/mol. The minimum absolute atomic E-state index is 0.114. The van der Waals surface area contributed by atoms with Crippen LogP contribution in [0.15, 0.2) is 10.4 Å². The van der Waals surface area contributed by atoms with Gasteiger partial charge in [-0.3, -0.25) is 0 Å². The molecule has 1 aromatic heterocycles. The maximum atomic E-state index is 9.80. The molecular formula is C9H14N4O4S. The number of hydrogen-bond donors (Lipinski definition) is 5. The van der Waals surface area contributed by atoms with E-state index in [2.05, 4.69) is 9.98 Å². The topological polar surface area (TPSA) is 147 Å². The summed E-state index contributed by atoms with van der Waals surface area (Å²) < 4.78 is 5.32. The normalized spacial score (nSPS) is 31.5. The third kappa shape index (κ3) is 2.44. The highest BCUT2D eigenvalue weighted by Crippen LogP contribution is 2.35. The van der Waals surface area contributed by atoms with Crippen LogP contribution in [0.2, 0.25) is 0 Å². The molecule has 0 radical (unpaired) electrons. The second-order valence-electron chi connectivity index (χ2n) is 3.85. The first-order valence-corrected chi connectivity index (χ1v) is 6.08. The van der Waals surface area contributed by atoms with Crippen LogP contribution >= 0.6 is 11.3 Å². The van der Waals surface area contributed by atoms with Crippen LogP contribution in [0.25, 0.3) is 0 Å². The first-order chi connectivity index (χ1) is 8.52. The van der Waals surface area contributed by atoms with Gasteiger partial charge >= 0.3 is 0 Å². The second-order valence-corrected chi connectivity index (χ2v) is 4.69. The summed E-state index contributed by atoms with van der Waals surface area (Å²) in [7, 11) is 0. The monoisotopic (exact) mass is 274 g/mol. The quantitative estimate of drug-likeness (QED) is 0.323. The van der Waals surface area contributed by atoms with Crippen LogP contribution in [0.5, 0.6) is 0 Å². The highest BCUT2D eigenvalue weighted by Gasteiger charge is 2.44. The summed E-state index contributed by atoms with van der Waals surface area (Å²) in [4.78, 5) is 7.84. The van der Waals surface area contributed by atoms with Crippen LogP contribution in [0.4, 0.5) is 5.13 Å². The van der Waals surface area contributed by atoms with Crippen molar-refractivity contribution in [2.75, 3.05) is 6.61 Å². The van der Waals surface area contributed by atoms with Crippen LogP contribution in [0.3, 0.4) is 0 Å². The lowest BCUT2D eigenvalue weighted by Gasteiger charge is -2.11. The molecule has 0 aliphatic carbocycles. The van der Waals surface area contributed by atoms with Crippen molar-refractivity contribution in [2.24, 2.45) is 16.5 Å². The van der Waals surface area contributed by atoms with Gasteiger partial charge in [0, 0.05) is 5.38 Å². The maximum absolute atomic E-state index is 9.80. The zero-order chi connectivity index (χ0) is 13.3. The summed E-state index contributed by atoms with van der Waals surface area (Å²) in [5, 5.41) is 30.3. The molecule has 1 saturated heterocycles. The van der Waals surface area contributed by atoms with E-state index in [9.17, 15) is 10.2 Å². The van der Waals surface area contributed by atoms with Crippen LogP contribution in [-0.4, -0.2) is 51.2 Å². The summed E-state index contributed by atoms with van der Waals surface area (Å²) in [5.74, 6) is -0.114. The third-order valence-electron chi connectivity index (χ3n) is 2.57. The van der Waals surface area contributed by atoms with Crippen LogP contribution in [0.1, 0.15) is 11.8 Å². The van der Waals surface area contributed by atoms with Crippen molar-refractivity contribution in [2.45, 2.75) is 24.4 Å². The predicted octanol–water partition coefficient (Wildman–Crippen LogP) is -1.80. The maximum Gasteiger partial charge on any atom is 0.212 e. The van der Waals surface area contributed by atoms with E-state index in [1.165, 1.54) is 11.3 Å². The fourth-order valence-corrected chi connectivity index (χ4v) is 2.44. The van der Waals surface area contributed by atoms with Gasteiger partial charge in [0.1, 0.15) is 24.4 Å². The minimum atomic E-state index is -1.15. The molecule has 4 atom stereocenters. The number of aliphatic hydroxyl groups excluding tert-OH is 3. The van der Waals surface area contributed by atoms with Crippen molar-refractivity contribution in [1.29, 1.82) is 0 Å². The van der Waals surface area contributed by atoms with Gasteiger partial charge < -0.3 is 31.5 Å². The Bertz CT molecular complexity index is 448. The number of aliphatic hydroxyl groups is 3. The van der Waals surface area contributed by atoms with Gasteiger partial charge in [0.2, 0.25) is 5.13 Å². The van der Waals surface area contributed by atoms with Gasteiger partial charge in [-0.25, -0.2) is 4.98 Å². The summed E-state index contributed by atoms with van der Waals surface area (Å²) in [6.45, 7) is -0.375. The molecular weight excluding hydrogens is 260 g/mol. The molecule has 8 nitrogen and oxygen atoms in total. The SMILES string of the molecule is NC(N)=Nc1nc([C@@H]2O[C@H](CO)[C@@H](O)[C@H]2O)cs1. The van der Waals surface area contributed by atoms with Crippen molar-refractivity contribution < 1.29 is 20.1 Å². The second kappa shape index (κ2) is 5.16. The van der Waals surface area contributed by atoms with Gasteiger partial charge in [-0.1, -0.05) is 0 Å². The van der Waals surface area contributed by atoms with Gasteiger partial charge in [-0.2, -0.15) is 4.99 Å². The predicted molar refractivity (Wildman–Crippen MR) is 64.3 cm³/mol. The van der Waals surface area contributed by atoms with E-state index in [-0.39, 0.29) is 12.6 Å². The summed E-state index contributed by atoms with van der Waals surface area (Å²) in [6.07, 6.45) is -3.90. The lowest BCUT2D eigenvalue weighted by atomic mass is 10.1. The molecule has 1 aromatic rings. The molecule has 18 heavy (non-hydrogen) atoms. The zero-order valence-corrected chi connectivity index (χ0v) is 10.1. The van der Waals surface area contributed by atoms with Crippen LogP contribution in [-0.2, 0) is 4.74 Å². The van der Waals surface area contributed by atoms with Crippen molar-refractivity contribution in [1.82, 2.24) is 4.98 Å². The highest BCUT2D eigenvalue weighted by molar-refractivity contribution is 7.13. The number of aromatic nitrogens is 1. The zero-order valence-electron chi connectivity index (χ0n) is 9.30. The Morgan fingerprint density at radius 1 is 1.44 bits per heavy atom. The number of nitrogens with zero attached hydrogens (tertiary/aromatic N) is 2. The molecule has 9 heteroatoms. The van der Waals surface area contributed by atoms with Crippen LogP contribution in [0, 0.1) is 0 Å². The number of rotatable bonds is 3. The molecule has 0 amide bonds. The molecule has 7 N–H and O–H groups in total. The average Bonchev–Trinajstić information content (AvgIpc) is 2.86. The van der Waals surface area contributed by atoms with E-state index >= 15 is 0 Å². The molecule has 0 bridgehead atoms. The van der Waals surface area contributed by atoms with Gasteiger partial charge in [-0.05, 0) is 0 Å². The molecule has 2 rings (SSSR count). The largest absolute Gasteiger partial charge is 0.394 e. The Labute approximate surface area is 107 Å². The Morgan fingerprint density at radius 2 is 2.17 bits per heavy atom. The minimum Gasteiger partial charge on any atom is -0.394 e. The standard InChI is InChI=1S/C9H14N4O4S/c10-8(11)13-9-12-3(2-18-9)7-6(16)5(15)4(1-14)17-7/h2,4-7,14-16H,1H2,(H4,10,11,12,13)/t4-,5-,6-,7+/m1/s1. The molecule has 1 aliphatic rings. The molecule has 0 saturated carbocycles. The number of aliphatic imine (C=N–C) groups is 1. The van der Waals surface area contributed by atoms with E-state index < -0.39 is 24.4 Å². The van der Waals surface area contributed by atoms with E-state index in [4.69, 9.17) is 21.3 Å². The fourth-order valence-electron chi connectivity index (χ4n) is 1.71. The van der Waals surface area contributed by atoms with E-state index in [0.29, 0.717) is 10.8 Å². The Morgan fingerprint density at radius 3 is 2.72 bits per heavy atom. The lowest BCUT2D eigenvalue weighted by molar-refractivity contribution is -0.0237. The highest BCUT2D eigenvalue weighted by atomic mass is 32.1. The van der Waals surface area contributed by atoms with Crippen molar-refractivity contribution in [3.05, 3.63) is 11.1 Å². The molecule has 100 valence electrons. The smallest absolute Gasteiger partial charge is 0.212 e. The summed E-state index contributed by atoms with van der Waals surface area (Å²) >= 11 is 1.18. The molecule has 1 aliphatic heterocycles. The number of hydrogen-bond acceptors (Lipinski definition) is 7.